The van der Waals surface area contributed by atoms with Crippen molar-refractivity contribution in [3.05, 3.63) is 58.6 Å². The number of methoxy groups -OCH3 is 1. The SMILES string of the molecule is COc1cccc([C@H](C)NCCOc2ccc(Br)cc2)c1. The van der Waals surface area contributed by atoms with E-state index in [0.29, 0.717) is 6.61 Å². The van der Waals surface area contributed by atoms with Crippen molar-refractivity contribution in [2.24, 2.45) is 0 Å². The highest BCUT2D eigenvalue weighted by molar-refractivity contribution is 9.10. The summed E-state index contributed by atoms with van der Waals surface area (Å²) >= 11 is 3.41. The molecule has 0 spiro atoms. The van der Waals surface area contributed by atoms with Gasteiger partial charge in [-0.15, -0.1) is 0 Å². The molecule has 0 aliphatic heterocycles. The number of hydrogen-bond acceptors (Lipinski definition) is 3. The quantitative estimate of drug-likeness (QED) is 0.760. The Labute approximate surface area is 134 Å². The van der Waals surface area contributed by atoms with E-state index in [1.165, 1.54) is 5.56 Å². The van der Waals surface area contributed by atoms with E-state index in [1.807, 2.05) is 42.5 Å². The van der Waals surface area contributed by atoms with E-state index >= 15 is 0 Å². The van der Waals surface area contributed by atoms with E-state index in [1.54, 1.807) is 7.11 Å². The molecule has 0 saturated carbocycles. The van der Waals surface area contributed by atoms with Gasteiger partial charge < -0.3 is 14.8 Å². The van der Waals surface area contributed by atoms with Crippen molar-refractivity contribution < 1.29 is 9.47 Å². The minimum atomic E-state index is 0.258. The van der Waals surface area contributed by atoms with Crippen LogP contribution in [0.3, 0.4) is 0 Å². The van der Waals surface area contributed by atoms with E-state index in [-0.39, 0.29) is 6.04 Å². The second kappa shape index (κ2) is 8.05. The highest BCUT2D eigenvalue weighted by Gasteiger charge is 2.05. The van der Waals surface area contributed by atoms with Crippen LogP contribution in [0, 0.1) is 0 Å². The maximum absolute atomic E-state index is 5.68. The second-order valence-corrected chi connectivity index (χ2v) is 5.67. The molecule has 2 aromatic rings. The van der Waals surface area contributed by atoms with Crippen LogP contribution in [-0.4, -0.2) is 20.3 Å². The summed E-state index contributed by atoms with van der Waals surface area (Å²) in [6, 6.07) is 16.2. The van der Waals surface area contributed by atoms with E-state index in [2.05, 4.69) is 34.2 Å². The lowest BCUT2D eigenvalue weighted by molar-refractivity contribution is 0.307. The second-order valence-electron chi connectivity index (χ2n) is 4.75. The predicted molar refractivity (Wildman–Crippen MR) is 89.0 cm³/mol. The molecule has 112 valence electrons. The van der Waals surface area contributed by atoms with Gasteiger partial charge in [0, 0.05) is 17.1 Å². The van der Waals surface area contributed by atoms with Crippen LogP contribution in [0.25, 0.3) is 0 Å². The number of nitrogens with one attached hydrogen (secondary N) is 1. The number of benzene rings is 2. The van der Waals surface area contributed by atoms with Gasteiger partial charge in [0.05, 0.1) is 7.11 Å². The molecule has 0 amide bonds. The Hall–Kier alpha value is -1.52. The van der Waals surface area contributed by atoms with E-state index in [4.69, 9.17) is 9.47 Å². The van der Waals surface area contributed by atoms with Gasteiger partial charge in [-0.05, 0) is 48.9 Å². The smallest absolute Gasteiger partial charge is 0.119 e. The summed E-state index contributed by atoms with van der Waals surface area (Å²) in [4.78, 5) is 0. The lowest BCUT2D eigenvalue weighted by Crippen LogP contribution is -2.24. The first-order valence-electron chi connectivity index (χ1n) is 6.95. The summed E-state index contributed by atoms with van der Waals surface area (Å²) in [7, 11) is 1.68. The molecule has 0 aromatic heterocycles. The van der Waals surface area contributed by atoms with Gasteiger partial charge in [0.25, 0.3) is 0 Å². The van der Waals surface area contributed by atoms with Crippen LogP contribution in [0.15, 0.2) is 53.0 Å². The minimum Gasteiger partial charge on any atom is -0.497 e. The van der Waals surface area contributed by atoms with Gasteiger partial charge in [-0.1, -0.05) is 28.1 Å². The third-order valence-electron chi connectivity index (χ3n) is 3.23. The first-order valence-corrected chi connectivity index (χ1v) is 7.74. The standard InChI is InChI=1S/C17H20BrNO2/c1-13(14-4-3-5-17(12-14)20-2)19-10-11-21-16-8-6-15(18)7-9-16/h3-9,12-13,19H,10-11H2,1-2H3/t13-/m0/s1. The van der Waals surface area contributed by atoms with Gasteiger partial charge >= 0.3 is 0 Å². The van der Waals surface area contributed by atoms with Crippen LogP contribution in [0.5, 0.6) is 11.5 Å². The van der Waals surface area contributed by atoms with Crippen molar-refractivity contribution in [2.75, 3.05) is 20.3 Å². The molecule has 2 rings (SSSR count). The summed E-state index contributed by atoms with van der Waals surface area (Å²) in [5.41, 5.74) is 1.21. The molecule has 21 heavy (non-hydrogen) atoms. The fourth-order valence-electron chi connectivity index (χ4n) is 2.00. The highest BCUT2D eigenvalue weighted by atomic mass is 79.9. The van der Waals surface area contributed by atoms with Crippen LogP contribution in [0.2, 0.25) is 0 Å². The maximum Gasteiger partial charge on any atom is 0.119 e. The van der Waals surface area contributed by atoms with Crippen molar-refractivity contribution in [3.8, 4) is 11.5 Å². The number of halogens is 1. The van der Waals surface area contributed by atoms with E-state index < -0.39 is 0 Å². The minimum absolute atomic E-state index is 0.258. The Kier molecular flexibility index (Phi) is 6.08. The van der Waals surface area contributed by atoms with Crippen LogP contribution < -0.4 is 14.8 Å². The van der Waals surface area contributed by atoms with Gasteiger partial charge in [-0.25, -0.2) is 0 Å². The first kappa shape index (κ1) is 15.9. The van der Waals surface area contributed by atoms with Crippen LogP contribution in [0.4, 0.5) is 0 Å². The molecular weight excluding hydrogens is 330 g/mol. The Balaban J connectivity index is 1.76. The molecular formula is C17H20BrNO2. The summed E-state index contributed by atoms with van der Waals surface area (Å²) in [5, 5.41) is 3.44. The summed E-state index contributed by atoms with van der Waals surface area (Å²) in [5.74, 6) is 1.77. The Bertz CT molecular complexity index is 557. The Morgan fingerprint density at radius 3 is 2.57 bits per heavy atom. The van der Waals surface area contributed by atoms with Crippen molar-refractivity contribution in [2.45, 2.75) is 13.0 Å². The summed E-state index contributed by atoms with van der Waals surface area (Å²) in [6.07, 6.45) is 0. The molecule has 2 aromatic carbocycles. The predicted octanol–water partition coefficient (Wildman–Crippen LogP) is 4.19. The monoisotopic (exact) mass is 349 g/mol. The van der Waals surface area contributed by atoms with Crippen molar-refractivity contribution in [3.63, 3.8) is 0 Å². The van der Waals surface area contributed by atoms with Crippen LogP contribution in [-0.2, 0) is 0 Å². The lowest BCUT2D eigenvalue weighted by atomic mass is 10.1. The van der Waals surface area contributed by atoms with Gasteiger partial charge in [-0.3, -0.25) is 0 Å². The molecule has 0 radical (unpaired) electrons. The first-order chi connectivity index (χ1) is 10.2. The molecule has 0 fully saturated rings. The van der Waals surface area contributed by atoms with Crippen LogP contribution in [0.1, 0.15) is 18.5 Å². The van der Waals surface area contributed by atoms with Crippen LogP contribution >= 0.6 is 15.9 Å². The molecule has 1 N–H and O–H groups in total. The average Bonchev–Trinajstić information content (AvgIpc) is 2.53. The molecule has 0 aliphatic carbocycles. The fourth-order valence-corrected chi connectivity index (χ4v) is 2.27. The third kappa shape index (κ3) is 5.06. The molecule has 0 unspecified atom stereocenters. The number of rotatable bonds is 7. The number of hydrogen-bond donors (Lipinski definition) is 1. The zero-order valence-electron chi connectivity index (χ0n) is 12.3. The molecule has 0 aliphatic rings. The number of ether oxygens (including phenoxy) is 2. The van der Waals surface area contributed by atoms with Crippen molar-refractivity contribution in [1.29, 1.82) is 0 Å². The van der Waals surface area contributed by atoms with E-state index in [9.17, 15) is 0 Å². The van der Waals surface area contributed by atoms with Gasteiger partial charge in [0.15, 0.2) is 0 Å². The van der Waals surface area contributed by atoms with Crippen molar-refractivity contribution >= 4 is 15.9 Å². The van der Waals surface area contributed by atoms with E-state index in [0.717, 1.165) is 22.5 Å². The average molecular weight is 350 g/mol. The molecule has 0 heterocycles. The molecule has 0 saturated heterocycles. The zero-order valence-corrected chi connectivity index (χ0v) is 13.9. The zero-order chi connectivity index (χ0) is 15.1. The lowest BCUT2D eigenvalue weighted by Gasteiger charge is -2.15. The fraction of sp³-hybridized carbons (Fsp3) is 0.294. The summed E-state index contributed by atoms with van der Waals surface area (Å²) in [6.45, 7) is 3.55. The van der Waals surface area contributed by atoms with Crippen molar-refractivity contribution in [1.82, 2.24) is 5.32 Å². The maximum atomic E-state index is 5.68. The molecule has 4 heteroatoms. The summed E-state index contributed by atoms with van der Waals surface area (Å²) < 4.78 is 12.0. The van der Waals surface area contributed by atoms with Gasteiger partial charge in [0.2, 0.25) is 0 Å². The molecule has 0 bridgehead atoms. The highest BCUT2D eigenvalue weighted by Crippen LogP contribution is 2.19. The normalized spacial score (nSPS) is 12.0. The Morgan fingerprint density at radius 1 is 1.10 bits per heavy atom. The Morgan fingerprint density at radius 2 is 1.86 bits per heavy atom. The largest absolute Gasteiger partial charge is 0.497 e. The topological polar surface area (TPSA) is 30.5 Å². The van der Waals surface area contributed by atoms with Gasteiger partial charge in [0.1, 0.15) is 18.1 Å². The molecule has 1 atom stereocenters. The molecule has 3 nitrogen and oxygen atoms in total. The third-order valence-corrected chi connectivity index (χ3v) is 3.76. The van der Waals surface area contributed by atoms with Gasteiger partial charge in [-0.2, -0.15) is 0 Å².